The van der Waals surface area contributed by atoms with Crippen molar-refractivity contribution in [1.82, 2.24) is 9.80 Å². The Morgan fingerprint density at radius 3 is 2.92 bits per heavy atom. The first-order chi connectivity index (χ1) is 12.0. The van der Waals surface area contributed by atoms with E-state index in [9.17, 15) is 4.79 Å². The number of nitrogens with zero attached hydrogens (tertiary/aromatic N) is 3. The molecular weight excluding hydrogens is 314 g/mol. The Labute approximate surface area is 149 Å². The number of likely N-dealkylation sites (tertiary alicyclic amines) is 1. The molecule has 5 heteroatoms. The summed E-state index contributed by atoms with van der Waals surface area (Å²) in [5, 5.41) is 4.15. The van der Waals surface area contributed by atoms with E-state index >= 15 is 0 Å². The van der Waals surface area contributed by atoms with E-state index in [0.29, 0.717) is 13.1 Å². The molecule has 2 heterocycles. The maximum atomic E-state index is 12.8. The molecule has 25 heavy (non-hydrogen) atoms. The maximum absolute atomic E-state index is 12.8. The molecule has 2 amide bonds. The van der Waals surface area contributed by atoms with Crippen molar-refractivity contribution in [3.8, 4) is 11.8 Å². The van der Waals surface area contributed by atoms with Gasteiger partial charge >= 0.3 is 6.03 Å². The average Bonchev–Trinajstić information content (AvgIpc) is 3.15. The summed E-state index contributed by atoms with van der Waals surface area (Å²) < 4.78 is 0. The Balaban J connectivity index is 1.71. The van der Waals surface area contributed by atoms with E-state index in [2.05, 4.69) is 17.0 Å². The van der Waals surface area contributed by atoms with Crippen LogP contribution in [0.2, 0.25) is 0 Å². The lowest BCUT2D eigenvalue weighted by molar-refractivity contribution is -0.0151. The molecule has 5 nitrogen and oxygen atoms in total. The summed E-state index contributed by atoms with van der Waals surface area (Å²) in [7, 11) is 0. The Hall–Kier alpha value is -2.48. The van der Waals surface area contributed by atoms with Crippen LogP contribution in [0.25, 0.3) is 0 Å². The number of benzene rings is 1. The van der Waals surface area contributed by atoms with Gasteiger partial charge in [0.25, 0.3) is 0 Å². The summed E-state index contributed by atoms with van der Waals surface area (Å²) in [6.45, 7) is 9.47. The monoisotopic (exact) mass is 339 g/mol. The number of oxime groups is 1. The van der Waals surface area contributed by atoms with Crippen LogP contribution in [-0.4, -0.2) is 46.9 Å². The predicted molar refractivity (Wildman–Crippen MR) is 98.1 cm³/mol. The third kappa shape index (κ3) is 3.48. The van der Waals surface area contributed by atoms with E-state index in [1.807, 2.05) is 56.9 Å². The molecule has 0 aliphatic carbocycles. The minimum atomic E-state index is -0.317. The topological polar surface area (TPSA) is 45.1 Å². The molecule has 0 spiro atoms. The Morgan fingerprint density at radius 1 is 1.44 bits per heavy atom. The second kappa shape index (κ2) is 7.18. The first kappa shape index (κ1) is 17.3. The Kier molecular flexibility index (Phi) is 4.98. The van der Waals surface area contributed by atoms with Gasteiger partial charge < -0.3 is 9.74 Å². The number of aryl methyl sites for hydroxylation is 1. The van der Waals surface area contributed by atoms with E-state index in [0.717, 1.165) is 17.7 Å². The van der Waals surface area contributed by atoms with Gasteiger partial charge in [0.05, 0.1) is 5.92 Å². The lowest BCUT2D eigenvalue weighted by Gasteiger charge is -2.32. The largest absolute Gasteiger partial charge is 0.369 e. The highest BCUT2D eigenvalue weighted by Crippen LogP contribution is 2.32. The van der Waals surface area contributed by atoms with Crippen LogP contribution in [-0.2, 0) is 4.84 Å². The van der Waals surface area contributed by atoms with Gasteiger partial charge in [-0.1, -0.05) is 23.2 Å². The molecule has 0 N–H and O–H groups in total. The predicted octanol–water partition coefficient (Wildman–Crippen LogP) is 3.23. The summed E-state index contributed by atoms with van der Waals surface area (Å²) >= 11 is 0. The number of amides is 2. The zero-order valence-corrected chi connectivity index (χ0v) is 15.3. The lowest BCUT2D eigenvalue weighted by atomic mass is 10.0. The summed E-state index contributed by atoms with van der Waals surface area (Å²) in [5.74, 6) is 6.38. The number of hydrogen-bond donors (Lipinski definition) is 0. The normalized spacial score (nSPS) is 21.3. The summed E-state index contributed by atoms with van der Waals surface area (Å²) in [4.78, 5) is 22.0. The van der Waals surface area contributed by atoms with Gasteiger partial charge in [0.1, 0.15) is 5.71 Å². The van der Waals surface area contributed by atoms with Crippen molar-refractivity contribution in [2.75, 3.05) is 13.1 Å². The second-order valence-corrected chi connectivity index (χ2v) is 6.84. The highest BCUT2D eigenvalue weighted by atomic mass is 16.7. The number of carbonyl (C=O) groups is 1. The third-order valence-electron chi connectivity index (χ3n) is 4.75. The van der Waals surface area contributed by atoms with E-state index < -0.39 is 0 Å². The van der Waals surface area contributed by atoms with Crippen LogP contribution in [0.4, 0.5) is 4.79 Å². The number of hydrogen-bond acceptors (Lipinski definition) is 3. The molecular formula is C20H25N3O2. The van der Waals surface area contributed by atoms with Gasteiger partial charge in [0.15, 0.2) is 0 Å². The highest BCUT2D eigenvalue weighted by molar-refractivity contribution is 6.03. The second-order valence-electron chi connectivity index (χ2n) is 6.84. The molecule has 0 bridgehead atoms. The van der Waals surface area contributed by atoms with Gasteiger partial charge in [-0.05, 0) is 57.7 Å². The van der Waals surface area contributed by atoms with Gasteiger partial charge in [0, 0.05) is 24.7 Å². The third-order valence-corrected chi connectivity index (χ3v) is 4.75. The van der Waals surface area contributed by atoms with Crippen LogP contribution < -0.4 is 0 Å². The minimum Gasteiger partial charge on any atom is -0.369 e. The van der Waals surface area contributed by atoms with Gasteiger partial charge in [-0.2, -0.15) is 0 Å². The van der Waals surface area contributed by atoms with E-state index in [1.165, 1.54) is 5.56 Å². The molecule has 0 radical (unpaired) electrons. The van der Waals surface area contributed by atoms with Crippen molar-refractivity contribution in [2.45, 2.75) is 46.4 Å². The molecule has 0 saturated carbocycles. The van der Waals surface area contributed by atoms with Crippen LogP contribution in [0.3, 0.4) is 0 Å². The van der Waals surface area contributed by atoms with Gasteiger partial charge in [0.2, 0.25) is 6.23 Å². The van der Waals surface area contributed by atoms with Crippen LogP contribution >= 0.6 is 0 Å². The summed E-state index contributed by atoms with van der Waals surface area (Å²) in [6, 6.07) is 8.27. The van der Waals surface area contributed by atoms with Crippen LogP contribution in [0, 0.1) is 24.7 Å². The number of fused-ring (bicyclic) bond motifs is 1. The van der Waals surface area contributed by atoms with Crippen molar-refractivity contribution in [3.05, 3.63) is 35.4 Å². The number of urea groups is 1. The molecule has 132 valence electrons. The summed E-state index contributed by atoms with van der Waals surface area (Å²) in [5.41, 5.74) is 2.89. The van der Waals surface area contributed by atoms with Crippen molar-refractivity contribution in [3.63, 3.8) is 0 Å². The first-order valence-corrected chi connectivity index (χ1v) is 8.91. The maximum Gasteiger partial charge on any atom is 0.323 e. The number of carbonyl (C=O) groups excluding carboxylic acids is 1. The molecule has 0 aromatic heterocycles. The lowest BCUT2D eigenvalue weighted by Crippen LogP contribution is -2.49. The van der Waals surface area contributed by atoms with E-state index in [4.69, 9.17) is 4.84 Å². The SMILES string of the molecule is CCN(C(=O)N1CCC2C(C#Cc3cccc(C)c3)=NOC21)C(C)C. The van der Waals surface area contributed by atoms with Crippen molar-refractivity contribution in [1.29, 1.82) is 0 Å². The first-order valence-electron chi connectivity index (χ1n) is 8.91. The molecule has 2 aliphatic heterocycles. The zero-order chi connectivity index (χ0) is 18.0. The van der Waals surface area contributed by atoms with Crippen molar-refractivity contribution in [2.24, 2.45) is 11.1 Å². The molecule has 3 rings (SSSR count). The van der Waals surface area contributed by atoms with E-state index in [-0.39, 0.29) is 24.2 Å². The van der Waals surface area contributed by atoms with Crippen LogP contribution in [0.5, 0.6) is 0 Å². The summed E-state index contributed by atoms with van der Waals surface area (Å²) in [6.07, 6.45) is 0.523. The van der Waals surface area contributed by atoms with E-state index in [1.54, 1.807) is 4.90 Å². The zero-order valence-electron chi connectivity index (χ0n) is 15.3. The molecule has 2 aliphatic rings. The van der Waals surface area contributed by atoms with Crippen molar-refractivity contribution >= 4 is 11.7 Å². The standard InChI is InChI=1S/C20H25N3O2/c1-5-22(14(2)3)20(24)23-12-11-17-18(21-25-19(17)23)10-9-16-8-6-7-15(4)13-16/h6-8,13-14,17,19H,5,11-12H2,1-4H3. The van der Waals surface area contributed by atoms with Crippen molar-refractivity contribution < 1.29 is 9.63 Å². The quantitative estimate of drug-likeness (QED) is 0.777. The van der Waals surface area contributed by atoms with Gasteiger partial charge in [-0.3, -0.25) is 4.90 Å². The van der Waals surface area contributed by atoms with Crippen LogP contribution in [0.1, 0.15) is 38.3 Å². The number of rotatable bonds is 2. The molecule has 1 fully saturated rings. The Morgan fingerprint density at radius 2 is 2.24 bits per heavy atom. The fraction of sp³-hybridized carbons (Fsp3) is 0.500. The molecule has 2 atom stereocenters. The Bertz CT molecular complexity index is 745. The molecule has 1 aromatic rings. The average molecular weight is 339 g/mol. The highest BCUT2D eigenvalue weighted by Gasteiger charge is 2.46. The minimum absolute atomic E-state index is 0.0214. The fourth-order valence-corrected chi connectivity index (χ4v) is 3.41. The van der Waals surface area contributed by atoms with Gasteiger partial charge in [-0.15, -0.1) is 0 Å². The fourth-order valence-electron chi connectivity index (χ4n) is 3.41. The molecule has 1 saturated heterocycles. The van der Waals surface area contributed by atoms with Gasteiger partial charge in [-0.25, -0.2) is 4.79 Å². The van der Waals surface area contributed by atoms with Crippen LogP contribution in [0.15, 0.2) is 29.4 Å². The molecule has 2 unspecified atom stereocenters. The smallest absolute Gasteiger partial charge is 0.323 e. The molecule has 1 aromatic carbocycles.